The van der Waals surface area contributed by atoms with E-state index in [1.165, 1.54) is 11.1 Å². The second kappa shape index (κ2) is 20.8. The van der Waals surface area contributed by atoms with E-state index in [1.807, 2.05) is 104 Å². The topological polar surface area (TPSA) is 0 Å². The van der Waals surface area contributed by atoms with E-state index < -0.39 is 4.84 Å². The van der Waals surface area contributed by atoms with E-state index in [4.69, 9.17) is 58.0 Å². The molecule has 0 nitrogen and oxygen atoms in total. The Kier molecular flexibility index (Phi) is 20.1. The molecular weight excluding hydrogens is 610 g/mol. The number of hydrogen-bond acceptors (Lipinski definition) is 0. The fourth-order valence-corrected chi connectivity index (χ4v) is 2.68. The molecule has 4 aromatic rings. The average molecular weight is 634 g/mol. The van der Waals surface area contributed by atoms with Gasteiger partial charge in [0.2, 0.25) is 0 Å². The molecule has 0 aliphatic carbocycles. The minimum atomic E-state index is -3.56. The zero-order valence-electron chi connectivity index (χ0n) is 19.0. The van der Waals surface area contributed by atoms with Crippen molar-refractivity contribution in [2.45, 2.75) is 17.6 Å². The zero-order chi connectivity index (χ0) is 27.4. The molecule has 0 bridgehead atoms. The molecule has 0 spiro atoms. The molecule has 0 aliphatic heterocycles. The van der Waals surface area contributed by atoms with Crippen LogP contribution in [0.15, 0.2) is 109 Å². The third-order valence-corrected chi connectivity index (χ3v) is 5.13. The maximum absolute atomic E-state index is 10.6. The number of rotatable bonds is 1. The second-order valence-electron chi connectivity index (χ2n) is 6.55. The summed E-state index contributed by atoms with van der Waals surface area (Å²) in [7, 11) is 0. The van der Waals surface area contributed by atoms with Crippen molar-refractivity contribution in [1.29, 1.82) is 0 Å². The SMILES string of the molecule is Cc1ccc(Cl)cc1.ClCc1ccccc1.Clc1ccccc1.Clc1ccccc1Cl.FC(F)(Cl)Cl. The van der Waals surface area contributed by atoms with Crippen molar-refractivity contribution in [1.82, 2.24) is 0 Å². The van der Waals surface area contributed by atoms with Gasteiger partial charge in [-0.2, -0.15) is 8.78 Å². The Labute approximate surface area is 246 Å². The molecule has 36 heavy (non-hydrogen) atoms. The summed E-state index contributed by atoms with van der Waals surface area (Å²) in [5.74, 6) is 0.612. The number of alkyl halides is 5. The molecule has 4 rings (SSSR count). The summed E-state index contributed by atoms with van der Waals surface area (Å²) in [4.78, 5) is -3.56. The Morgan fingerprint density at radius 1 is 0.556 bits per heavy atom. The van der Waals surface area contributed by atoms with E-state index in [1.54, 1.807) is 12.1 Å². The molecule has 0 radical (unpaired) electrons. The molecule has 0 N–H and O–H groups in total. The van der Waals surface area contributed by atoms with Crippen LogP contribution in [0.3, 0.4) is 0 Å². The molecular formula is C27H23Cl7F2. The van der Waals surface area contributed by atoms with Crippen LogP contribution in [-0.2, 0) is 5.88 Å². The van der Waals surface area contributed by atoms with Gasteiger partial charge < -0.3 is 0 Å². The Morgan fingerprint density at radius 2 is 0.889 bits per heavy atom. The van der Waals surface area contributed by atoms with Crippen LogP contribution >= 0.6 is 81.2 Å². The molecule has 0 unspecified atom stereocenters. The Balaban J connectivity index is 0.000000430. The van der Waals surface area contributed by atoms with E-state index in [9.17, 15) is 8.78 Å². The highest BCUT2D eigenvalue weighted by atomic mass is 35.5. The smallest absolute Gasteiger partial charge is 0.172 e. The van der Waals surface area contributed by atoms with E-state index >= 15 is 0 Å². The van der Waals surface area contributed by atoms with Crippen LogP contribution in [-0.4, -0.2) is 4.84 Å². The Hall–Kier alpha value is -1.23. The van der Waals surface area contributed by atoms with Crippen molar-refractivity contribution >= 4 is 81.2 Å². The first kappa shape index (κ1) is 34.8. The summed E-state index contributed by atoms with van der Waals surface area (Å²) in [6, 6.07) is 34.3. The maximum Gasteiger partial charge on any atom is 0.401 e. The first-order valence-electron chi connectivity index (χ1n) is 10.1. The van der Waals surface area contributed by atoms with E-state index in [2.05, 4.69) is 23.2 Å². The standard InChI is InChI=1S/2C7H7Cl.C6H4Cl2.C6H5Cl.CCl2F2/c1-6-2-4-7(8)5-3-6;8-6-7-4-2-1-3-5-7;7-5-3-1-2-4-6(5)8;7-6-4-2-1-3-5-6;2-1(3,4)5/h2-5H,1H3;1-5H,6H2;1-4H;1-5H;. The molecule has 0 amide bonds. The molecule has 0 saturated heterocycles. The van der Waals surface area contributed by atoms with Crippen molar-refractivity contribution < 1.29 is 8.78 Å². The molecule has 4 aromatic carbocycles. The van der Waals surface area contributed by atoms with Gasteiger partial charge in [-0.15, -0.1) is 11.6 Å². The van der Waals surface area contributed by atoms with Gasteiger partial charge in [-0.1, -0.05) is 125 Å². The van der Waals surface area contributed by atoms with Crippen molar-refractivity contribution in [3.05, 3.63) is 140 Å². The molecule has 194 valence electrons. The first-order chi connectivity index (χ1) is 16.9. The van der Waals surface area contributed by atoms with E-state index in [-0.39, 0.29) is 0 Å². The lowest BCUT2D eigenvalue weighted by molar-refractivity contribution is 0.194. The summed E-state index contributed by atoms with van der Waals surface area (Å²) >= 11 is 35.8. The van der Waals surface area contributed by atoms with Crippen LogP contribution in [0.5, 0.6) is 0 Å². The number of hydrogen-bond donors (Lipinski definition) is 0. The highest BCUT2D eigenvalue weighted by Crippen LogP contribution is 2.22. The second-order valence-corrected chi connectivity index (χ2v) is 9.65. The van der Waals surface area contributed by atoms with Gasteiger partial charge in [-0.3, -0.25) is 0 Å². The highest BCUT2D eigenvalue weighted by molar-refractivity contribution is 6.45. The molecule has 0 aliphatic rings. The third-order valence-electron chi connectivity index (χ3n) is 3.57. The predicted molar refractivity (Wildman–Crippen MR) is 157 cm³/mol. The third kappa shape index (κ3) is 23.2. The van der Waals surface area contributed by atoms with Gasteiger partial charge in [0.1, 0.15) is 0 Å². The molecule has 0 saturated carbocycles. The molecule has 9 heteroatoms. The van der Waals surface area contributed by atoms with E-state index in [0.717, 1.165) is 10.0 Å². The molecule has 0 fully saturated rings. The van der Waals surface area contributed by atoms with Crippen molar-refractivity contribution in [2.75, 3.05) is 0 Å². The van der Waals surface area contributed by atoms with Gasteiger partial charge in [0.25, 0.3) is 0 Å². The van der Waals surface area contributed by atoms with Crippen molar-refractivity contribution in [3.8, 4) is 0 Å². The minimum Gasteiger partial charge on any atom is -0.172 e. The van der Waals surface area contributed by atoms with Gasteiger partial charge in [0.05, 0.1) is 10.0 Å². The fraction of sp³-hybridized carbons (Fsp3) is 0.111. The largest absolute Gasteiger partial charge is 0.401 e. The van der Waals surface area contributed by atoms with Crippen LogP contribution in [0, 0.1) is 6.92 Å². The summed E-state index contributed by atoms with van der Waals surface area (Å²) in [6.45, 7) is 2.04. The zero-order valence-corrected chi connectivity index (χ0v) is 24.3. The number of halogens is 9. The summed E-state index contributed by atoms with van der Waals surface area (Å²) in [5, 5.41) is 2.81. The van der Waals surface area contributed by atoms with Gasteiger partial charge in [-0.05, 0) is 72.1 Å². The average Bonchev–Trinajstić information content (AvgIpc) is 2.84. The summed E-state index contributed by atoms with van der Waals surface area (Å²) in [6.07, 6.45) is 0. The monoisotopic (exact) mass is 630 g/mol. The van der Waals surface area contributed by atoms with Crippen LogP contribution in [0.4, 0.5) is 8.78 Å². The normalized spacial score (nSPS) is 9.50. The fourth-order valence-electron chi connectivity index (χ4n) is 1.95. The van der Waals surface area contributed by atoms with Crippen molar-refractivity contribution in [3.63, 3.8) is 0 Å². The lowest BCUT2D eigenvalue weighted by Crippen LogP contribution is -1.86. The maximum atomic E-state index is 10.6. The van der Waals surface area contributed by atoms with Gasteiger partial charge in [0.15, 0.2) is 0 Å². The highest BCUT2D eigenvalue weighted by Gasteiger charge is 2.17. The molecule has 0 aromatic heterocycles. The Morgan fingerprint density at radius 3 is 1.14 bits per heavy atom. The van der Waals surface area contributed by atoms with Crippen molar-refractivity contribution in [2.24, 2.45) is 0 Å². The van der Waals surface area contributed by atoms with E-state index in [0.29, 0.717) is 15.9 Å². The molecule has 0 heterocycles. The Bertz CT molecular complexity index is 1010. The quantitative estimate of drug-likeness (QED) is 0.183. The lowest BCUT2D eigenvalue weighted by atomic mass is 10.2. The van der Waals surface area contributed by atoms with Gasteiger partial charge >= 0.3 is 4.84 Å². The molecule has 0 atom stereocenters. The lowest BCUT2D eigenvalue weighted by Gasteiger charge is -1.88. The van der Waals surface area contributed by atoms with Crippen LogP contribution in [0.1, 0.15) is 11.1 Å². The number of aryl methyl sites for hydroxylation is 1. The van der Waals surface area contributed by atoms with Gasteiger partial charge in [0, 0.05) is 15.9 Å². The first-order valence-corrected chi connectivity index (χ1v) is 12.9. The van der Waals surface area contributed by atoms with Crippen LogP contribution in [0.25, 0.3) is 0 Å². The van der Waals surface area contributed by atoms with Crippen LogP contribution < -0.4 is 0 Å². The minimum absolute atomic E-state index is 0.606. The summed E-state index contributed by atoms with van der Waals surface area (Å²) in [5.41, 5.74) is 2.42. The summed E-state index contributed by atoms with van der Waals surface area (Å²) < 4.78 is 21.1. The van der Waals surface area contributed by atoms with Crippen LogP contribution in [0.2, 0.25) is 20.1 Å². The van der Waals surface area contributed by atoms with Gasteiger partial charge in [-0.25, -0.2) is 0 Å². The predicted octanol–water partition coefficient (Wildman–Crippen LogP) is 12.4. The number of benzene rings is 4.